The number of rotatable bonds is 5. The summed E-state index contributed by atoms with van der Waals surface area (Å²) < 4.78 is 1.74. The zero-order valence-electron chi connectivity index (χ0n) is 20.0. The van der Waals surface area contributed by atoms with Crippen LogP contribution in [0.5, 0.6) is 0 Å². The quantitative estimate of drug-likeness (QED) is 0.559. The molecule has 2 saturated carbocycles. The van der Waals surface area contributed by atoms with Gasteiger partial charge in [-0.2, -0.15) is 5.26 Å². The molecule has 0 radical (unpaired) electrons. The smallest absolute Gasteiger partial charge is 0.273 e. The number of fused-ring (bicyclic) bond motifs is 2. The molecule has 0 unspecified atom stereocenters. The Bertz CT molecular complexity index is 1490. The number of anilines is 1. The van der Waals surface area contributed by atoms with E-state index < -0.39 is 0 Å². The van der Waals surface area contributed by atoms with E-state index in [2.05, 4.69) is 26.7 Å². The van der Waals surface area contributed by atoms with Crippen molar-refractivity contribution in [1.29, 1.82) is 5.26 Å². The summed E-state index contributed by atoms with van der Waals surface area (Å²) in [5.74, 6) is 1.61. The van der Waals surface area contributed by atoms with Gasteiger partial charge >= 0.3 is 0 Å². The first-order chi connectivity index (χ1) is 18.0. The number of nitriles is 1. The first-order valence-electron chi connectivity index (χ1n) is 12.7. The van der Waals surface area contributed by atoms with E-state index in [1.54, 1.807) is 23.0 Å². The second-order valence-corrected chi connectivity index (χ2v) is 11.0. The number of hydrogen-bond acceptors (Lipinski definition) is 6. The molecule has 1 aliphatic heterocycles. The Kier molecular flexibility index (Phi) is 5.08. The molecule has 3 aromatic rings. The van der Waals surface area contributed by atoms with Crippen LogP contribution in [0.3, 0.4) is 0 Å². The van der Waals surface area contributed by atoms with Gasteiger partial charge in [0.1, 0.15) is 5.82 Å². The van der Waals surface area contributed by atoms with Crippen LogP contribution < -0.4 is 10.2 Å². The van der Waals surface area contributed by atoms with Crippen LogP contribution >= 0.6 is 11.6 Å². The normalized spacial score (nSPS) is 27.3. The maximum atomic E-state index is 12.8. The Morgan fingerprint density at radius 2 is 2.05 bits per heavy atom. The van der Waals surface area contributed by atoms with Crippen LogP contribution in [0.1, 0.15) is 70.4 Å². The number of amides is 2. The molecule has 10 heteroatoms. The van der Waals surface area contributed by atoms with Gasteiger partial charge in [-0.05, 0) is 84.9 Å². The molecule has 1 N–H and O–H groups in total. The number of carbonyl (C=O) groups is 2. The molecule has 1 aromatic carbocycles. The third-order valence-electron chi connectivity index (χ3n) is 8.37. The largest absolute Gasteiger partial charge is 0.348 e. The first kappa shape index (κ1) is 22.4. The molecule has 2 aromatic heterocycles. The molecular weight excluding hydrogens is 490 g/mol. The van der Waals surface area contributed by atoms with Gasteiger partial charge in [-0.1, -0.05) is 16.8 Å². The van der Waals surface area contributed by atoms with Crippen molar-refractivity contribution in [3.63, 3.8) is 0 Å². The van der Waals surface area contributed by atoms with Crippen LogP contribution in [0.2, 0.25) is 5.02 Å². The maximum Gasteiger partial charge on any atom is 0.273 e. The molecule has 3 atom stereocenters. The fourth-order valence-electron chi connectivity index (χ4n) is 6.12. The molecule has 37 heavy (non-hydrogen) atoms. The van der Waals surface area contributed by atoms with Crippen molar-refractivity contribution >= 4 is 29.2 Å². The van der Waals surface area contributed by atoms with Gasteiger partial charge in [0.05, 0.1) is 23.9 Å². The highest BCUT2D eigenvalue weighted by molar-refractivity contribution is 6.30. The van der Waals surface area contributed by atoms with Gasteiger partial charge in [-0.15, -0.1) is 5.10 Å². The minimum atomic E-state index is -0.251. The summed E-state index contributed by atoms with van der Waals surface area (Å²) in [6.07, 6.45) is 7.77. The third kappa shape index (κ3) is 3.78. The number of nitrogens with one attached hydrogen (secondary N) is 1. The van der Waals surface area contributed by atoms with Crippen molar-refractivity contribution in [1.82, 2.24) is 25.3 Å². The summed E-state index contributed by atoms with van der Waals surface area (Å²) in [6.45, 7) is 0.778. The van der Waals surface area contributed by atoms with Crippen molar-refractivity contribution in [2.24, 2.45) is 11.8 Å². The molecule has 3 aliphatic carbocycles. The van der Waals surface area contributed by atoms with Crippen molar-refractivity contribution in [2.45, 2.75) is 50.1 Å². The van der Waals surface area contributed by atoms with E-state index in [9.17, 15) is 14.9 Å². The zero-order valence-corrected chi connectivity index (χ0v) is 20.7. The molecule has 9 nitrogen and oxygen atoms in total. The van der Waals surface area contributed by atoms with Crippen molar-refractivity contribution in [2.75, 3.05) is 11.4 Å². The summed E-state index contributed by atoms with van der Waals surface area (Å²) >= 11 is 6.12. The highest BCUT2D eigenvalue weighted by Gasteiger charge is 2.53. The highest BCUT2D eigenvalue weighted by Crippen LogP contribution is 2.47. The fraction of sp³-hybridized carbons (Fsp3) is 0.407. The molecule has 0 spiro atoms. The maximum absolute atomic E-state index is 12.8. The highest BCUT2D eigenvalue weighted by atomic mass is 35.5. The van der Waals surface area contributed by atoms with E-state index in [0.717, 1.165) is 55.6 Å². The number of aryl methyl sites for hydroxylation is 1. The average molecular weight is 514 g/mol. The molecule has 3 heterocycles. The van der Waals surface area contributed by atoms with Crippen molar-refractivity contribution < 1.29 is 9.59 Å². The van der Waals surface area contributed by atoms with E-state index in [-0.39, 0.29) is 41.4 Å². The molecule has 7 rings (SSSR count). The topological polar surface area (TPSA) is 117 Å². The molecule has 1 saturated heterocycles. The van der Waals surface area contributed by atoms with Crippen LogP contribution in [-0.4, -0.2) is 44.4 Å². The van der Waals surface area contributed by atoms with Gasteiger partial charge in [0.25, 0.3) is 5.91 Å². The first-order valence-corrected chi connectivity index (χ1v) is 13.1. The van der Waals surface area contributed by atoms with Crippen molar-refractivity contribution in [3.05, 3.63) is 69.6 Å². The van der Waals surface area contributed by atoms with Gasteiger partial charge in [-0.25, -0.2) is 9.67 Å². The van der Waals surface area contributed by atoms with E-state index in [1.807, 2.05) is 23.2 Å². The van der Waals surface area contributed by atoms with E-state index in [1.165, 1.54) is 5.56 Å². The minimum absolute atomic E-state index is 0.0161. The summed E-state index contributed by atoms with van der Waals surface area (Å²) in [5, 5.41) is 21.4. The second-order valence-electron chi connectivity index (χ2n) is 10.6. The third-order valence-corrected chi connectivity index (χ3v) is 8.60. The number of carbonyl (C=O) groups excluding carboxylic acids is 2. The Labute approximate surface area is 218 Å². The van der Waals surface area contributed by atoms with Crippen LogP contribution in [0, 0.1) is 23.2 Å². The lowest BCUT2D eigenvalue weighted by Crippen LogP contribution is -2.43. The summed E-state index contributed by atoms with van der Waals surface area (Å²) in [6, 6.07) is 9.55. The fourth-order valence-corrected chi connectivity index (χ4v) is 6.30. The molecule has 3 fully saturated rings. The van der Waals surface area contributed by atoms with Gasteiger partial charge in [0.15, 0.2) is 5.69 Å². The number of piperidine rings is 1. The van der Waals surface area contributed by atoms with Crippen LogP contribution in [0.25, 0.3) is 0 Å². The minimum Gasteiger partial charge on any atom is -0.348 e. The Morgan fingerprint density at radius 3 is 2.84 bits per heavy atom. The predicted molar refractivity (Wildman–Crippen MR) is 134 cm³/mol. The van der Waals surface area contributed by atoms with Gasteiger partial charge in [-0.3, -0.25) is 14.5 Å². The lowest BCUT2D eigenvalue weighted by atomic mass is 9.74. The van der Waals surface area contributed by atoms with Crippen LogP contribution in [-0.2, 0) is 11.2 Å². The average Bonchev–Trinajstić information content (AvgIpc) is 3.18. The molecule has 4 aliphatic rings. The Balaban J connectivity index is 0.998. The molecule has 186 valence electrons. The lowest BCUT2D eigenvalue weighted by Gasteiger charge is -2.36. The second kappa shape index (κ2) is 8.38. The number of benzene rings is 1. The molecule has 0 bridgehead atoms. The SMILES string of the molecule is N#Cc1ccc(Cl)cc1C1CC(NC(=O)c2cn([C@H]3CCc4cc(N5C[C@H]6C[C@H]6C5=O)ncc43)nn2)C1. The van der Waals surface area contributed by atoms with E-state index >= 15 is 0 Å². The van der Waals surface area contributed by atoms with E-state index in [4.69, 9.17) is 11.6 Å². The van der Waals surface area contributed by atoms with Gasteiger partial charge in [0, 0.05) is 29.7 Å². The Hall–Kier alpha value is -3.77. The number of halogens is 1. The van der Waals surface area contributed by atoms with E-state index in [0.29, 0.717) is 16.5 Å². The molecular formula is C27H24ClN7O2. The Morgan fingerprint density at radius 1 is 1.19 bits per heavy atom. The standard InChI is InChI=1S/C27H24ClN7O2/c28-18-3-1-15(10-29)20(9-18)16-5-19(6-16)31-26(36)23-13-35(33-32-23)24-4-2-14-8-25(30-11-22(14)24)34-12-17-7-21(17)27(34)37/h1,3,8-9,11,13,16-17,19,21,24H,2,4-7,12H2,(H,31,36)/t16?,17-,19?,21-,24+/m1/s1. The number of hydrogen-bond donors (Lipinski definition) is 1. The number of pyridine rings is 1. The summed E-state index contributed by atoms with van der Waals surface area (Å²) in [7, 11) is 0. The van der Waals surface area contributed by atoms with Crippen LogP contribution in [0.4, 0.5) is 5.82 Å². The van der Waals surface area contributed by atoms with Gasteiger partial charge < -0.3 is 5.32 Å². The number of aromatic nitrogens is 4. The molecule has 2 amide bonds. The number of nitrogens with zero attached hydrogens (tertiary/aromatic N) is 6. The van der Waals surface area contributed by atoms with Crippen LogP contribution in [0.15, 0.2) is 36.7 Å². The van der Waals surface area contributed by atoms with Crippen molar-refractivity contribution in [3.8, 4) is 6.07 Å². The summed E-state index contributed by atoms with van der Waals surface area (Å²) in [5.41, 5.74) is 4.08. The summed E-state index contributed by atoms with van der Waals surface area (Å²) in [4.78, 5) is 31.7. The monoisotopic (exact) mass is 513 g/mol. The zero-order chi connectivity index (χ0) is 25.3. The lowest BCUT2D eigenvalue weighted by molar-refractivity contribution is -0.118. The van der Waals surface area contributed by atoms with Gasteiger partial charge in [0.2, 0.25) is 5.91 Å². The predicted octanol–water partition coefficient (Wildman–Crippen LogP) is 3.39.